The van der Waals surface area contributed by atoms with Crippen molar-refractivity contribution in [1.29, 1.82) is 0 Å². The molecule has 1 heterocycles. The molecule has 1 fully saturated rings. The van der Waals surface area contributed by atoms with Crippen LogP contribution in [0.4, 0.5) is 4.39 Å². The SMILES string of the molecule is O=CC1CCC(c2ccc(-c3ccc(Cl)c(F)c3)nc2)CC1. The van der Waals surface area contributed by atoms with Gasteiger partial charge < -0.3 is 4.79 Å². The van der Waals surface area contributed by atoms with Crippen LogP contribution in [0.3, 0.4) is 0 Å². The molecule has 0 bridgehead atoms. The highest BCUT2D eigenvalue weighted by Gasteiger charge is 2.22. The van der Waals surface area contributed by atoms with Crippen molar-refractivity contribution < 1.29 is 9.18 Å². The summed E-state index contributed by atoms with van der Waals surface area (Å²) >= 11 is 5.70. The summed E-state index contributed by atoms with van der Waals surface area (Å²) in [5, 5.41) is 0.118. The van der Waals surface area contributed by atoms with Gasteiger partial charge in [0.1, 0.15) is 12.1 Å². The summed E-state index contributed by atoms with van der Waals surface area (Å²) in [6, 6.07) is 8.69. The first-order valence-corrected chi connectivity index (χ1v) is 7.92. The van der Waals surface area contributed by atoms with Crippen molar-refractivity contribution in [1.82, 2.24) is 4.98 Å². The zero-order valence-electron chi connectivity index (χ0n) is 12.1. The Labute approximate surface area is 134 Å². The van der Waals surface area contributed by atoms with E-state index < -0.39 is 5.82 Å². The molecule has 0 N–H and O–H groups in total. The smallest absolute Gasteiger partial charge is 0.142 e. The Bertz CT molecular complexity index is 663. The van der Waals surface area contributed by atoms with Crippen LogP contribution in [-0.2, 0) is 4.79 Å². The van der Waals surface area contributed by atoms with Crippen molar-refractivity contribution in [3.63, 3.8) is 0 Å². The Morgan fingerprint density at radius 1 is 1.14 bits per heavy atom. The van der Waals surface area contributed by atoms with Gasteiger partial charge in [0.25, 0.3) is 0 Å². The lowest BCUT2D eigenvalue weighted by Gasteiger charge is -2.25. The van der Waals surface area contributed by atoms with Crippen molar-refractivity contribution in [3.05, 3.63) is 52.9 Å². The monoisotopic (exact) mass is 317 g/mol. The second-order valence-corrected chi connectivity index (χ2v) is 6.26. The zero-order valence-corrected chi connectivity index (χ0v) is 12.9. The molecule has 3 rings (SSSR count). The molecule has 0 amide bonds. The highest BCUT2D eigenvalue weighted by molar-refractivity contribution is 6.30. The molecule has 0 radical (unpaired) electrons. The van der Waals surface area contributed by atoms with Gasteiger partial charge in [-0.15, -0.1) is 0 Å². The molecular formula is C18H17ClFNO. The van der Waals surface area contributed by atoms with E-state index in [2.05, 4.69) is 11.1 Å². The number of rotatable bonds is 3. The first-order valence-electron chi connectivity index (χ1n) is 7.54. The Morgan fingerprint density at radius 2 is 1.91 bits per heavy atom. The maximum atomic E-state index is 13.5. The summed E-state index contributed by atoms with van der Waals surface area (Å²) < 4.78 is 13.5. The van der Waals surface area contributed by atoms with E-state index in [1.54, 1.807) is 12.1 Å². The van der Waals surface area contributed by atoms with Gasteiger partial charge in [-0.05, 0) is 55.4 Å². The van der Waals surface area contributed by atoms with Gasteiger partial charge in [0.05, 0.1) is 10.7 Å². The van der Waals surface area contributed by atoms with E-state index in [1.165, 1.54) is 11.6 Å². The number of benzene rings is 1. The van der Waals surface area contributed by atoms with Crippen molar-refractivity contribution in [2.45, 2.75) is 31.6 Å². The average Bonchev–Trinajstić information content (AvgIpc) is 2.58. The Morgan fingerprint density at radius 3 is 2.50 bits per heavy atom. The third-order valence-corrected chi connectivity index (χ3v) is 4.74. The molecule has 0 saturated heterocycles. The standard InChI is InChI=1S/C18H17ClFNO/c19-16-7-5-14(9-17(16)20)18-8-6-15(10-21-18)13-3-1-12(11-22)2-4-13/h5-13H,1-4H2. The molecule has 1 aliphatic rings. The van der Waals surface area contributed by atoms with Gasteiger partial charge in [-0.1, -0.05) is 23.7 Å². The number of hydrogen-bond donors (Lipinski definition) is 0. The predicted molar refractivity (Wildman–Crippen MR) is 85.4 cm³/mol. The summed E-state index contributed by atoms with van der Waals surface area (Å²) in [5.74, 6) is 0.262. The number of hydrogen-bond acceptors (Lipinski definition) is 2. The van der Waals surface area contributed by atoms with Crippen molar-refractivity contribution in [3.8, 4) is 11.3 Å². The molecule has 0 aliphatic heterocycles. The lowest BCUT2D eigenvalue weighted by molar-refractivity contribution is -0.111. The Kier molecular flexibility index (Phi) is 4.53. The molecule has 4 heteroatoms. The first kappa shape index (κ1) is 15.2. The summed E-state index contributed by atoms with van der Waals surface area (Å²) in [7, 11) is 0. The molecule has 1 saturated carbocycles. The van der Waals surface area contributed by atoms with E-state index in [0.717, 1.165) is 43.2 Å². The van der Waals surface area contributed by atoms with Crippen LogP contribution in [0, 0.1) is 11.7 Å². The normalized spacial score (nSPS) is 21.5. The molecule has 0 atom stereocenters. The number of aromatic nitrogens is 1. The van der Waals surface area contributed by atoms with Crippen LogP contribution in [0.2, 0.25) is 5.02 Å². The third kappa shape index (κ3) is 3.20. The maximum Gasteiger partial charge on any atom is 0.142 e. The summed E-state index contributed by atoms with van der Waals surface area (Å²) in [4.78, 5) is 15.3. The van der Waals surface area contributed by atoms with Gasteiger partial charge in [-0.2, -0.15) is 0 Å². The van der Waals surface area contributed by atoms with E-state index in [-0.39, 0.29) is 10.9 Å². The molecule has 0 unspecified atom stereocenters. The lowest BCUT2D eigenvalue weighted by atomic mass is 9.79. The molecule has 1 aromatic heterocycles. The second-order valence-electron chi connectivity index (χ2n) is 5.85. The highest BCUT2D eigenvalue weighted by Crippen LogP contribution is 2.35. The largest absolute Gasteiger partial charge is 0.303 e. The number of carbonyl (C=O) groups is 1. The van der Waals surface area contributed by atoms with E-state index in [0.29, 0.717) is 5.92 Å². The Hall–Kier alpha value is -1.74. The maximum absolute atomic E-state index is 13.5. The van der Waals surface area contributed by atoms with E-state index in [4.69, 9.17) is 11.6 Å². The minimum Gasteiger partial charge on any atom is -0.303 e. The second kappa shape index (κ2) is 6.57. The Balaban J connectivity index is 1.75. The van der Waals surface area contributed by atoms with Crippen LogP contribution in [0.5, 0.6) is 0 Å². The molecule has 1 aliphatic carbocycles. The van der Waals surface area contributed by atoms with Crippen LogP contribution in [0.25, 0.3) is 11.3 Å². The van der Waals surface area contributed by atoms with E-state index in [1.807, 2.05) is 12.3 Å². The van der Waals surface area contributed by atoms with Gasteiger partial charge in [-0.25, -0.2) is 4.39 Å². The van der Waals surface area contributed by atoms with Crippen LogP contribution >= 0.6 is 11.6 Å². The molecule has 0 spiro atoms. The lowest BCUT2D eigenvalue weighted by Crippen LogP contribution is -2.14. The highest BCUT2D eigenvalue weighted by atomic mass is 35.5. The van der Waals surface area contributed by atoms with Gasteiger partial charge in [0.2, 0.25) is 0 Å². The van der Waals surface area contributed by atoms with Gasteiger partial charge in [0.15, 0.2) is 0 Å². The molecule has 114 valence electrons. The van der Waals surface area contributed by atoms with Crippen molar-refractivity contribution in [2.24, 2.45) is 5.92 Å². The fraction of sp³-hybridized carbons (Fsp3) is 0.333. The van der Waals surface area contributed by atoms with Crippen molar-refractivity contribution in [2.75, 3.05) is 0 Å². The fourth-order valence-corrected chi connectivity index (χ4v) is 3.18. The minimum atomic E-state index is -0.433. The summed E-state index contributed by atoms with van der Waals surface area (Å²) in [6.07, 6.45) is 6.91. The van der Waals surface area contributed by atoms with E-state index >= 15 is 0 Å². The van der Waals surface area contributed by atoms with Gasteiger partial charge in [0, 0.05) is 17.7 Å². The molecule has 22 heavy (non-hydrogen) atoms. The van der Waals surface area contributed by atoms with Crippen molar-refractivity contribution >= 4 is 17.9 Å². The predicted octanol–water partition coefficient (Wildman–Crippen LogP) is 5.01. The van der Waals surface area contributed by atoms with Crippen LogP contribution in [0.1, 0.15) is 37.2 Å². The quantitative estimate of drug-likeness (QED) is 0.744. The minimum absolute atomic E-state index is 0.118. The van der Waals surface area contributed by atoms with Gasteiger partial charge >= 0.3 is 0 Å². The third-order valence-electron chi connectivity index (χ3n) is 4.44. The summed E-state index contributed by atoms with van der Waals surface area (Å²) in [6.45, 7) is 0. The average molecular weight is 318 g/mol. The number of pyridine rings is 1. The van der Waals surface area contributed by atoms with E-state index in [9.17, 15) is 9.18 Å². The number of nitrogens with zero attached hydrogens (tertiary/aromatic N) is 1. The molecule has 2 aromatic rings. The van der Waals surface area contributed by atoms with Crippen LogP contribution in [0.15, 0.2) is 36.5 Å². The molecule has 2 nitrogen and oxygen atoms in total. The fourth-order valence-electron chi connectivity index (χ4n) is 3.06. The number of aldehydes is 1. The van der Waals surface area contributed by atoms with Crippen LogP contribution < -0.4 is 0 Å². The number of halogens is 2. The summed E-state index contributed by atoms with van der Waals surface area (Å²) in [5.41, 5.74) is 2.65. The topological polar surface area (TPSA) is 30.0 Å². The zero-order chi connectivity index (χ0) is 15.5. The molecular weight excluding hydrogens is 301 g/mol. The molecule has 1 aromatic carbocycles. The first-order chi connectivity index (χ1) is 10.7. The number of carbonyl (C=O) groups excluding carboxylic acids is 1. The van der Waals surface area contributed by atoms with Gasteiger partial charge in [-0.3, -0.25) is 4.98 Å². The van der Waals surface area contributed by atoms with Crippen LogP contribution in [-0.4, -0.2) is 11.3 Å².